The summed E-state index contributed by atoms with van der Waals surface area (Å²) in [6.07, 6.45) is 5.20. The van der Waals surface area contributed by atoms with Gasteiger partial charge in [-0.05, 0) is 35.9 Å². The lowest BCUT2D eigenvalue weighted by atomic mass is 10.0. The number of rotatable bonds is 5. The number of anilines is 1. The average molecular weight is 433 g/mol. The van der Waals surface area contributed by atoms with Crippen LogP contribution in [0.1, 0.15) is 0 Å². The average Bonchev–Trinajstić information content (AvgIpc) is 3.42. The van der Waals surface area contributed by atoms with Crippen LogP contribution in [0.2, 0.25) is 0 Å². The van der Waals surface area contributed by atoms with Gasteiger partial charge in [-0.1, -0.05) is 30.3 Å². The Labute approximate surface area is 177 Å². The van der Waals surface area contributed by atoms with E-state index in [-0.39, 0.29) is 4.90 Å². The van der Waals surface area contributed by atoms with Gasteiger partial charge in [0.2, 0.25) is 0 Å². The number of sulfonamides is 1. The Morgan fingerprint density at radius 2 is 1.77 bits per heavy atom. The predicted octanol–water partition coefficient (Wildman–Crippen LogP) is 5.15. The second-order valence-electron chi connectivity index (χ2n) is 6.68. The number of aromatic amines is 1. The first kappa shape index (κ1) is 18.5. The summed E-state index contributed by atoms with van der Waals surface area (Å²) >= 11 is 1.41. The van der Waals surface area contributed by atoms with Crippen LogP contribution in [0.4, 0.5) is 5.69 Å². The third-order valence-electron chi connectivity index (χ3n) is 4.77. The molecule has 0 unspecified atom stereocenters. The Kier molecular flexibility index (Phi) is 4.57. The van der Waals surface area contributed by atoms with Crippen molar-refractivity contribution in [1.82, 2.24) is 15.2 Å². The number of nitrogens with zero attached hydrogens (tertiary/aromatic N) is 2. The normalized spacial score (nSPS) is 11.6. The summed E-state index contributed by atoms with van der Waals surface area (Å²) in [5.41, 5.74) is 4.02. The van der Waals surface area contributed by atoms with E-state index in [9.17, 15) is 8.42 Å². The summed E-state index contributed by atoms with van der Waals surface area (Å²) in [4.78, 5) is 4.34. The van der Waals surface area contributed by atoms with Crippen LogP contribution in [-0.4, -0.2) is 23.6 Å². The van der Waals surface area contributed by atoms with Crippen molar-refractivity contribution in [2.45, 2.75) is 4.90 Å². The molecule has 5 rings (SSSR count). The van der Waals surface area contributed by atoms with Crippen LogP contribution >= 0.6 is 11.3 Å². The standard InChI is InChI=1S/C22H16N4O2S2/c27-30(28,21-14-29-20-7-2-1-6-18(20)21)26-17-5-3-4-16(12-17)22-19(13-24-25-22)15-8-10-23-11-9-15/h1-14,26H,(H,24,25). The Hall–Kier alpha value is -3.49. The van der Waals surface area contributed by atoms with Crippen LogP contribution in [0.5, 0.6) is 0 Å². The molecule has 0 bridgehead atoms. The van der Waals surface area contributed by atoms with E-state index < -0.39 is 10.0 Å². The molecule has 0 aliphatic carbocycles. The van der Waals surface area contributed by atoms with Crippen molar-refractivity contribution in [3.63, 3.8) is 0 Å². The van der Waals surface area contributed by atoms with E-state index in [1.807, 2.05) is 48.5 Å². The van der Waals surface area contributed by atoms with Crippen molar-refractivity contribution in [2.75, 3.05) is 4.72 Å². The van der Waals surface area contributed by atoms with Gasteiger partial charge in [0.05, 0.1) is 11.9 Å². The fourth-order valence-corrected chi connectivity index (χ4v) is 5.92. The van der Waals surface area contributed by atoms with Crippen molar-refractivity contribution < 1.29 is 8.42 Å². The molecule has 3 aromatic heterocycles. The molecule has 30 heavy (non-hydrogen) atoms. The number of nitrogens with one attached hydrogen (secondary N) is 2. The highest BCUT2D eigenvalue weighted by Crippen LogP contribution is 2.33. The van der Waals surface area contributed by atoms with E-state index in [1.54, 1.807) is 36.1 Å². The summed E-state index contributed by atoms with van der Waals surface area (Å²) < 4.78 is 29.7. The van der Waals surface area contributed by atoms with Crippen LogP contribution < -0.4 is 4.72 Å². The molecule has 2 N–H and O–H groups in total. The number of H-pyrrole nitrogens is 1. The fourth-order valence-electron chi connectivity index (χ4n) is 3.37. The quantitative estimate of drug-likeness (QED) is 0.402. The number of thiophene rings is 1. The Morgan fingerprint density at radius 3 is 2.63 bits per heavy atom. The van der Waals surface area contributed by atoms with E-state index in [2.05, 4.69) is 19.9 Å². The SMILES string of the molecule is O=S(=O)(Nc1cccc(-c2[nH]ncc2-c2ccncc2)c1)c1csc2ccccc12. The molecular weight excluding hydrogens is 416 g/mol. The number of benzene rings is 2. The fraction of sp³-hybridized carbons (Fsp3) is 0. The van der Waals surface area contributed by atoms with E-state index >= 15 is 0 Å². The third-order valence-corrected chi connectivity index (χ3v) is 7.30. The molecule has 5 aromatic rings. The highest BCUT2D eigenvalue weighted by Gasteiger charge is 2.19. The zero-order valence-corrected chi connectivity index (χ0v) is 17.2. The largest absolute Gasteiger partial charge is 0.280 e. The Bertz CT molecular complexity index is 1440. The van der Waals surface area contributed by atoms with Gasteiger partial charge in [0.1, 0.15) is 4.90 Å². The van der Waals surface area contributed by atoms with Gasteiger partial charge < -0.3 is 0 Å². The molecule has 0 atom stereocenters. The number of aromatic nitrogens is 3. The second kappa shape index (κ2) is 7.40. The second-order valence-corrected chi connectivity index (χ2v) is 9.24. The molecular formula is C22H16N4O2S2. The zero-order chi connectivity index (χ0) is 20.6. The van der Waals surface area contributed by atoms with Gasteiger partial charge in [-0.2, -0.15) is 5.10 Å². The molecule has 2 aromatic carbocycles. The van der Waals surface area contributed by atoms with Crippen LogP contribution in [-0.2, 0) is 10.0 Å². The molecule has 0 radical (unpaired) electrons. The first-order valence-corrected chi connectivity index (χ1v) is 11.5. The highest BCUT2D eigenvalue weighted by molar-refractivity contribution is 7.93. The summed E-state index contributed by atoms with van der Waals surface area (Å²) in [6.45, 7) is 0. The maximum Gasteiger partial charge on any atom is 0.263 e. The van der Waals surface area contributed by atoms with Crippen molar-refractivity contribution in [2.24, 2.45) is 0 Å². The minimum Gasteiger partial charge on any atom is -0.280 e. The molecule has 6 nitrogen and oxygen atoms in total. The third kappa shape index (κ3) is 3.36. The summed E-state index contributed by atoms with van der Waals surface area (Å²) in [5.74, 6) is 0. The lowest BCUT2D eigenvalue weighted by molar-refractivity contribution is 0.602. The molecule has 0 spiro atoms. The highest BCUT2D eigenvalue weighted by atomic mass is 32.2. The monoisotopic (exact) mass is 432 g/mol. The van der Waals surface area contributed by atoms with Gasteiger partial charge in [0.25, 0.3) is 10.0 Å². The lowest BCUT2D eigenvalue weighted by Crippen LogP contribution is -2.12. The van der Waals surface area contributed by atoms with Crippen LogP contribution in [0.3, 0.4) is 0 Å². The van der Waals surface area contributed by atoms with E-state index in [0.29, 0.717) is 5.69 Å². The topological polar surface area (TPSA) is 87.7 Å². The molecule has 8 heteroatoms. The molecule has 0 aliphatic rings. The predicted molar refractivity (Wildman–Crippen MR) is 120 cm³/mol. The Balaban J connectivity index is 1.50. The molecule has 0 aliphatic heterocycles. The number of hydrogen-bond donors (Lipinski definition) is 2. The molecule has 3 heterocycles. The van der Waals surface area contributed by atoms with Crippen LogP contribution in [0, 0.1) is 0 Å². The zero-order valence-electron chi connectivity index (χ0n) is 15.6. The smallest absolute Gasteiger partial charge is 0.263 e. The maximum atomic E-state index is 13.0. The molecule has 0 saturated heterocycles. The van der Waals surface area contributed by atoms with E-state index in [1.165, 1.54) is 11.3 Å². The van der Waals surface area contributed by atoms with Crippen molar-refractivity contribution >= 4 is 37.1 Å². The summed E-state index contributed by atoms with van der Waals surface area (Å²) in [7, 11) is -3.72. The maximum absolute atomic E-state index is 13.0. The Morgan fingerprint density at radius 1 is 0.933 bits per heavy atom. The number of fused-ring (bicyclic) bond motifs is 1. The molecule has 0 saturated carbocycles. The lowest BCUT2D eigenvalue weighted by Gasteiger charge is -2.10. The van der Waals surface area contributed by atoms with E-state index in [0.717, 1.165) is 32.5 Å². The summed E-state index contributed by atoms with van der Waals surface area (Å²) in [6, 6.07) is 18.5. The van der Waals surface area contributed by atoms with Crippen molar-refractivity contribution in [3.05, 3.63) is 84.6 Å². The first-order valence-electron chi connectivity index (χ1n) is 9.15. The number of pyridine rings is 1. The van der Waals surface area contributed by atoms with Gasteiger partial charge in [0, 0.05) is 44.7 Å². The van der Waals surface area contributed by atoms with Crippen molar-refractivity contribution in [3.8, 4) is 22.4 Å². The minimum atomic E-state index is -3.72. The minimum absolute atomic E-state index is 0.285. The summed E-state index contributed by atoms with van der Waals surface area (Å²) in [5, 5.41) is 9.58. The molecule has 0 fully saturated rings. The van der Waals surface area contributed by atoms with Gasteiger partial charge >= 0.3 is 0 Å². The van der Waals surface area contributed by atoms with Crippen LogP contribution in [0.25, 0.3) is 32.5 Å². The van der Waals surface area contributed by atoms with E-state index in [4.69, 9.17) is 0 Å². The molecule has 148 valence electrons. The van der Waals surface area contributed by atoms with Gasteiger partial charge in [-0.3, -0.25) is 14.8 Å². The number of hydrogen-bond acceptors (Lipinski definition) is 5. The first-order chi connectivity index (χ1) is 14.6. The van der Waals surface area contributed by atoms with Gasteiger partial charge in [0.15, 0.2) is 0 Å². The van der Waals surface area contributed by atoms with Gasteiger partial charge in [-0.15, -0.1) is 11.3 Å². The van der Waals surface area contributed by atoms with Gasteiger partial charge in [-0.25, -0.2) is 8.42 Å². The van der Waals surface area contributed by atoms with Crippen LogP contribution in [0.15, 0.2) is 89.5 Å². The molecule has 0 amide bonds. The van der Waals surface area contributed by atoms with Crippen molar-refractivity contribution in [1.29, 1.82) is 0 Å².